The number of phenols is 1. The average Bonchev–Trinajstić information content (AvgIpc) is 3.16. The van der Waals surface area contributed by atoms with Crippen molar-refractivity contribution in [2.24, 2.45) is 11.7 Å². The number of carbonyl (C=O) groups is 1. The van der Waals surface area contributed by atoms with Crippen molar-refractivity contribution in [1.29, 1.82) is 0 Å². The zero-order valence-electron chi connectivity index (χ0n) is 10.6. The number of amides is 1. The highest BCUT2D eigenvalue weighted by Gasteiger charge is 2.29. The van der Waals surface area contributed by atoms with Crippen LogP contribution in [0.1, 0.15) is 25.3 Å². The van der Waals surface area contributed by atoms with Crippen molar-refractivity contribution in [2.45, 2.75) is 38.3 Å². The fraction of sp³-hybridized carbons (Fsp3) is 0.500. The summed E-state index contributed by atoms with van der Waals surface area (Å²) in [5, 5.41) is 12.1. The smallest absolute Gasteiger partial charge is 0.237 e. The van der Waals surface area contributed by atoms with Crippen molar-refractivity contribution in [3.05, 3.63) is 29.8 Å². The van der Waals surface area contributed by atoms with Gasteiger partial charge in [-0.05, 0) is 49.8 Å². The van der Waals surface area contributed by atoms with Crippen LogP contribution < -0.4 is 11.1 Å². The Morgan fingerprint density at radius 1 is 1.44 bits per heavy atom. The van der Waals surface area contributed by atoms with Gasteiger partial charge in [0.1, 0.15) is 5.75 Å². The van der Waals surface area contributed by atoms with Crippen molar-refractivity contribution in [3.8, 4) is 5.75 Å². The summed E-state index contributed by atoms with van der Waals surface area (Å²) >= 11 is 0. The number of rotatable bonds is 5. The monoisotopic (exact) mass is 248 g/mol. The van der Waals surface area contributed by atoms with Gasteiger partial charge in [-0.25, -0.2) is 0 Å². The Morgan fingerprint density at radius 3 is 2.61 bits per heavy atom. The molecule has 1 aliphatic rings. The molecule has 1 aromatic rings. The number of aromatic hydroxyl groups is 1. The predicted molar refractivity (Wildman–Crippen MR) is 70.1 cm³/mol. The van der Waals surface area contributed by atoms with Crippen LogP contribution in [0.4, 0.5) is 0 Å². The van der Waals surface area contributed by atoms with Gasteiger partial charge in [-0.15, -0.1) is 0 Å². The van der Waals surface area contributed by atoms with Crippen LogP contribution in [0.2, 0.25) is 0 Å². The van der Waals surface area contributed by atoms with Crippen LogP contribution in [-0.4, -0.2) is 23.1 Å². The molecule has 1 amide bonds. The van der Waals surface area contributed by atoms with E-state index in [1.54, 1.807) is 24.3 Å². The van der Waals surface area contributed by atoms with Crippen molar-refractivity contribution in [3.63, 3.8) is 0 Å². The molecule has 0 radical (unpaired) electrons. The normalized spacial score (nSPS) is 18.1. The second-order valence-electron chi connectivity index (χ2n) is 5.11. The number of phenolic OH excluding ortho intramolecular Hbond substituents is 1. The zero-order chi connectivity index (χ0) is 13.1. The van der Waals surface area contributed by atoms with Gasteiger partial charge in [0, 0.05) is 6.04 Å². The molecule has 2 rings (SSSR count). The lowest BCUT2D eigenvalue weighted by Crippen LogP contribution is -2.46. The van der Waals surface area contributed by atoms with Crippen LogP contribution in [0.3, 0.4) is 0 Å². The highest BCUT2D eigenvalue weighted by atomic mass is 16.3. The van der Waals surface area contributed by atoms with Gasteiger partial charge in [0.2, 0.25) is 5.91 Å². The minimum absolute atomic E-state index is 0.0949. The van der Waals surface area contributed by atoms with E-state index in [-0.39, 0.29) is 17.7 Å². The van der Waals surface area contributed by atoms with Gasteiger partial charge >= 0.3 is 0 Å². The molecule has 1 aromatic carbocycles. The van der Waals surface area contributed by atoms with E-state index in [2.05, 4.69) is 5.32 Å². The van der Waals surface area contributed by atoms with Gasteiger partial charge in [-0.2, -0.15) is 0 Å². The lowest BCUT2D eigenvalue weighted by Gasteiger charge is -2.17. The van der Waals surface area contributed by atoms with Gasteiger partial charge in [0.15, 0.2) is 0 Å². The van der Waals surface area contributed by atoms with E-state index >= 15 is 0 Å². The first-order chi connectivity index (χ1) is 8.56. The van der Waals surface area contributed by atoms with E-state index in [1.807, 2.05) is 6.92 Å². The third-order valence-electron chi connectivity index (χ3n) is 3.43. The minimum Gasteiger partial charge on any atom is -0.508 e. The van der Waals surface area contributed by atoms with Gasteiger partial charge in [-0.1, -0.05) is 12.1 Å². The molecule has 1 unspecified atom stereocenters. The van der Waals surface area contributed by atoms with Crippen LogP contribution in [0.15, 0.2) is 24.3 Å². The fourth-order valence-corrected chi connectivity index (χ4v) is 2.02. The number of hydrogen-bond acceptors (Lipinski definition) is 3. The molecular formula is C14H20N2O2. The second kappa shape index (κ2) is 5.40. The Balaban J connectivity index is 1.84. The summed E-state index contributed by atoms with van der Waals surface area (Å²) < 4.78 is 0. The first-order valence-corrected chi connectivity index (χ1v) is 6.40. The fourth-order valence-electron chi connectivity index (χ4n) is 2.02. The molecule has 0 aliphatic heterocycles. The topological polar surface area (TPSA) is 75.4 Å². The van der Waals surface area contributed by atoms with E-state index in [4.69, 9.17) is 5.73 Å². The zero-order valence-corrected chi connectivity index (χ0v) is 10.6. The Labute approximate surface area is 107 Å². The quantitative estimate of drug-likeness (QED) is 0.732. The van der Waals surface area contributed by atoms with Crippen LogP contribution in [-0.2, 0) is 11.2 Å². The summed E-state index contributed by atoms with van der Waals surface area (Å²) in [5.74, 6) is 0.761. The van der Waals surface area contributed by atoms with Crippen LogP contribution in [0.5, 0.6) is 5.75 Å². The minimum atomic E-state index is -0.532. The number of carbonyl (C=O) groups excluding carboxylic acids is 1. The van der Waals surface area contributed by atoms with Crippen molar-refractivity contribution < 1.29 is 9.90 Å². The Bertz CT molecular complexity index is 412. The summed E-state index contributed by atoms with van der Waals surface area (Å²) in [6.45, 7) is 2.03. The lowest BCUT2D eigenvalue weighted by atomic mass is 10.1. The number of nitrogens with one attached hydrogen (secondary N) is 1. The van der Waals surface area contributed by atoms with E-state index in [9.17, 15) is 9.90 Å². The number of nitrogens with two attached hydrogens (primary N) is 1. The van der Waals surface area contributed by atoms with Crippen molar-refractivity contribution >= 4 is 5.91 Å². The molecule has 4 nitrogen and oxygen atoms in total. The highest BCUT2D eigenvalue weighted by Crippen LogP contribution is 2.32. The number of hydrogen-bond donors (Lipinski definition) is 3. The maximum Gasteiger partial charge on any atom is 0.237 e. The van der Waals surface area contributed by atoms with Gasteiger partial charge in [0.25, 0.3) is 0 Å². The molecule has 0 bridgehead atoms. The van der Waals surface area contributed by atoms with E-state index in [1.165, 1.54) is 12.8 Å². The van der Waals surface area contributed by atoms with Gasteiger partial charge in [-0.3, -0.25) is 4.79 Å². The molecule has 4 heteroatoms. The molecular weight excluding hydrogens is 228 g/mol. The molecule has 1 saturated carbocycles. The van der Waals surface area contributed by atoms with Crippen LogP contribution in [0.25, 0.3) is 0 Å². The summed E-state index contributed by atoms with van der Waals surface area (Å²) in [5.41, 5.74) is 6.83. The van der Waals surface area contributed by atoms with Gasteiger partial charge in [0.05, 0.1) is 6.04 Å². The van der Waals surface area contributed by atoms with Crippen LogP contribution >= 0.6 is 0 Å². The molecule has 0 saturated heterocycles. The molecule has 0 spiro atoms. The average molecular weight is 248 g/mol. The second-order valence-corrected chi connectivity index (χ2v) is 5.11. The maximum absolute atomic E-state index is 11.9. The molecule has 0 aromatic heterocycles. The lowest BCUT2D eigenvalue weighted by molar-refractivity contribution is -0.123. The highest BCUT2D eigenvalue weighted by molar-refractivity contribution is 5.82. The van der Waals surface area contributed by atoms with Crippen molar-refractivity contribution in [2.75, 3.05) is 0 Å². The number of benzene rings is 1. The summed E-state index contributed by atoms with van der Waals surface area (Å²) in [7, 11) is 0. The SMILES string of the molecule is CC(NC(=O)[C@@H](N)Cc1ccc(O)cc1)C1CC1. The van der Waals surface area contributed by atoms with E-state index < -0.39 is 6.04 Å². The maximum atomic E-state index is 11.9. The van der Waals surface area contributed by atoms with Crippen LogP contribution in [0, 0.1) is 5.92 Å². The third-order valence-corrected chi connectivity index (χ3v) is 3.43. The summed E-state index contributed by atoms with van der Waals surface area (Å²) in [6, 6.07) is 6.47. The largest absolute Gasteiger partial charge is 0.508 e. The molecule has 1 aliphatic carbocycles. The molecule has 2 atom stereocenters. The first kappa shape index (κ1) is 12.9. The van der Waals surface area contributed by atoms with E-state index in [0.717, 1.165) is 5.56 Å². The summed E-state index contributed by atoms with van der Waals surface area (Å²) in [4.78, 5) is 11.9. The van der Waals surface area contributed by atoms with E-state index in [0.29, 0.717) is 12.3 Å². The molecule has 98 valence electrons. The van der Waals surface area contributed by atoms with Crippen molar-refractivity contribution in [1.82, 2.24) is 5.32 Å². The van der Waals surface area contributed by atoms with Gasteiger partial charge < -0.3 is 16.2 Å². The Kier molecular flexibility index (Phi) is 3.87. The Morgan fingerprint density at radius 2 is 2.06 bits per heavy atom. The predicted octanol–water partition coefficient (Wildman–Crippen LogP) is 1.18. The Hall–Kier alpha value is -1.55. The first-order valence-electron chi connectivity index (χ1n) is 6.40. The molecule has 1 fully saturated rings. The standard InChI is InChI=1S/C14H20N2O2/c1-9(11-4-5-11)16-14(18)13(15)8-10-2-6-12(17)7-3-10/h2-3,6-7,9,11,13,17H,4-5,8,15H2,1H3,(H,16,18)/t9?,13-/m0/s1. The third kappa shape index (κ3) is 3.47. The summed E-state index contributed by atoms with van der Waals surface area (Å²) in [6.07, 6.45) is 2.90. The molecule has 4 N–H and O–H groups in total. The molecule has 0 heterocycles. The molecule has 18 heavy (non-hydrogen) atoms.